The van der Waals surface area contributed by atoms with E-state index in [-0.39, 0.29) is 0 Å². The lowest BCUT2D eigenvalue weighted by Crippen LogP contribution is -2.01. The van der Waals surface area contributed by atoms with E-state index in [1.807, 2.05) is 0 Å². The van der Waals surface area contributed by atoms with Gasteiger partial charge in [-0.25, -0.2) is 0 Å². The molecule has 2 heterocycles. The normalized spacial score (nSPS) is 10.3. The van der Waals surface area contributed by atoms with E-state index in [1.165, 1.54) is 0 Å². The first kappa shape index (κ1) is 9.92. The molecular formula is C9H9ClN4O. The number of nitrogens with one attached hydrogen (secondary N) is 1. The van der Waals surface area contributed by atoms with Crippen molar-refractivity contribution in [2.45, 2.75) is 13.5 Å². The van der Waals surface area contributed by atoms with Crippen molar-refractivity contribution in [3.8, 4) is 0 Å². The van der Waals surface area contributed by atoms with Crippen molar-refractivity contribution in [2.75, 3.05) is 5.32 Å². The van der Waals surface area contributed by atoms with E-state index in [0.29, 0.717) is 23.3 Å². The third-order valence-electron chi connectivity index (χ3n) is 1.78. The van der Waals surface area contributed by atoms with Gasteiger partial charge in [0, 0.05) is 19.3 Å². The Kier molecular flexibility index (Phi) is 2.82. The summed E-state index contributed by atoms with van der Waals surface area (Å²) in [5.41, 5.74) is 0.800. The Labute approximate surface area is 91.5 Å². The van der Waals surface area contributed by atoms with Gasteiger partial charge in [-0.05, 0) is 6.07 Å². The average Bonchev–Trinajstić information content (AvgIpc) is 2.63. The maximum Gasteiger partial charge on any atom is 0.223 e. The van der Waals surface area contributed by atoms with E-state index in [1.54, 1.807) is 25.4 Å². The zero-order valence-corrected chi connectivity index (χ0v) is 8.82. The Hall–Kier alpha value is -1.62. The Morgan fingerprint density at radius 2 is 2.40 bits per heavy atom. The fourth-order valence-electron chi connectivity index (χ4n) is 1.11. The van der Waals surface area contributed by atoms with Gasteiger partial charge in [0.1, 0.15) is 0 Å². The molecule has 0 saturated heterocycles. The van der Waals surface area contributed by atoms with Crippen LogP contribution in [0.3, 0.4) is 0 Å². The fraction of sp³-hybridized carbons (Fsp3) is 0.222. The molecule has 0 amide bonds. The maximum absolute atomic E-state index is 5.91. The highest BCUT2D eigenvalue weighted by molar-refractivity contribution is 6.33. The van der Waals surface area contributed by atoms with Crippen molar-refractivity contribution in [3.05, 3.63) is 35.2 Å². The van der Waals surface area contributed by atoms with Crippen molar-refractivity contribution < 1.29 is 4.52 Å². The number of nitrogens with zero attached hydrogens (tertiary/aromatic N) is 3. The average molecular weight is 225 g/mol. The summed E-state index contributed by atoms with van der Waals surface area (Å²) in [6, 6.07) is 1.79. The van der Waals surface area contributed by atoms with Crippen LogP contribution in [0, 0.1) is 6.92 Å². The molecule has 0 radical (unpaired) electrons. The highest BCUT2D eigenvalue weighted by Crippen LogP contribution is 2.19. The zero-order valence-electron chi connectivity index (χ0n) is 8.07. The third-order valence-corrected chi connectivity index (χ3v) is 2.08. The molecule has 0 aliphatic heterocycles. The predicted octanol–water partition coefficient (Wildman–Crippen LogP) is 2.04. The van der Waals surface area contributed by atoms with E-state index in [2.05, 4.69) is 20.4 Å². The largest absolute Gasteiger partial charge is 0.376 e. The van der Waals surface area contributed by atoms with Gasteiger partial charge in [0.25, 0.3) is 0 Å². The molecule has 6 heteroatoms. The molecule has 0 fully saturated rings. The molecular weight excluding hydrogens is 216 g/mol. The van der Waals surface area contributed by atoms with Crippen LogP contribution in [0.5, 0.6) is 0 Å². The molecule has 15 heavy (non-hydrogen) atoms. The molecule has 0 bridgehead atoms. The molecule has 5 nitrogen and oxygen atoms in total. The fourth-order valence-corrected chi connectivity index (χ4v) is 1.29. The van der Waals surface area contributed by atoms with E-state index in [0.717, 1.165) is 5.69 Å². The number of aryl methyl sites for hydroxylation is 1. The molecule has 78 valence electrons. The van der Waals surface area contributed by atoms with Gasteiger partial charge in [-0.1, -0.05) is 16.8 Å². The van der Waals surface area contributed by atoms with Crippen LogP contribution in [0.4, 0.5) is 5.69 Å². The number of halogens is 1. The minimum atomic E-state index is 0.473. The van der Waals surface area contributed by atoms with Crippen molar-refractivity contribution in [1.29, 1.82) is 0 Å². The van der Waals surface area contributed by atoms with Crippen molar-refractivity contribution in [3.63, 3.8) is 0 Å². The molecule has 0 atom stereocenters. The van der Waals surface area contributed by atoms with Crippen molar-refractivity contribution >= 4 is 17.3 Å². The van der Waals surface area contributed by atoms with Gasteiger partial charge in [0.2, 0.25) is 5.89 Å². The summed E-state index contributed by atoms with van der Waals surface area (Å²) in [4.78, 5) is 7.94. The first-order valence-corrected chi connectivity index (χ1v) is 4.76. The molecule has 0 aromatic carbocycles. The first-order chi connectivity index (χ1) is 7.25. The smallest absolute Gasteiger partial charge is 0.223 e. The van der Waals surface area contributed by atoms with E-state index in [4.69, 9.17) is 16.1 Å². The number of hydrogen-bond acceptors (Lipinski definition) is 5. The lowest BCUT2D eigenvalue weighted by atomic mass is 10.4. The topological polar surface area (TPSA) is 63.8 Å². The van der Waals surface area contributed by atoms with Gasteiger partial charge in [0.15, 0.2) is 5.82 Å². The summed E-state index contributed by atoms with van der Waals surface area (Å²) < 4.78 is 4.84. The highest BCUT2D eigenvalue weighted by Gasteiger charge is 2.03. The third kappa shape index (κ3) is 2.44. The van der Waals surface area contributed by atoms with Crippen molar-refractivity contribution in [1.82, 2.24) is 15.1 Å². The van der Waals surface area contributed by atoms with Gasteiger partial charge >= 0.3 is 0 Å². The minimum absolute atomic E-state index is 0.473. The summed E-state index contributed by atoms with van der Waals surface area (Å²) in [5, 5.41) is 7.41. The van der Waals surface area contributed by atoms with Gasteiger partial charge in [0.05, 0.1) is 17.3 Å². The molecule has 1 N–H and O–H groups in total. The van der Waals surface area contributed by atoms with Crippen LogP contribution in [0.1, 0.15) is 11.7 Å². The van der Waals surface area contributed by atoms with E-state index >= 15 is 0 Å². The second kappa shape index (κ2) is 4.27. The Balaban J connectivity index is 2.02. The highest BCUT2D eigenvalue weighted by atomic mass is 35.5. The first-order valence-electron chi connectivity index (χ1n) is 4.38. The van der Waals surface area contributed by atoms with E-state index in [9.17, 15) is 0 Å². The van der Waals surface area contributed by atoms with Gasteiger partial charge < -0.3 is 9.84 Å². The number of anilines is 1. The molecule has 0 unspecified atom stereocenters. The zero-order chi connectivity index (χ0) is 10.7. The van der Waals surface area contributed by atoms with Crippen LogP contribution in [-0.4, -0.2) is 15.1 Å². The number of rotatable bonds is 3. The monoisotopic (exact) mass is 224 g/mol. The summed E-state index contributed by atoms with van der Waals surface area (Å²) in [7, 11) is 0. The SMILES string of the molecule is Cc1nc(CNc2ccncc2Cl)no1. The molecule has 0 saturated carbocycles. The summed E-state index contributed by atoms with van der Waals surface area (Å²) in [6.45, 7) is 2.22. The number of hydrogen-bond donors (Lipinski definition) is 1. The second-order valence-corrected chi connectivity index (χ2v) is 3.35. The summed E-state index contributed by atoms with van der Waals surface area (Å²) >= 11 is 5.91. The van der Waals surface area contributed by atoms with E-state index < -0.39 is 0 Å². The lowest BCUT2D eigenvalue weighted by molar-refractivity contribution is 0.388. The summed E-state index contributed by atoms with van der Waals surface area (Å²) in [5.74, 6) is 1.15. The molecule has 0 spiro atoms. The molecule has 2 rings (SSSR count). The standard InChI is InChI=1S/C9H9ClN4O/c1-6-13-9(14-15-6)5-12-8-2-3-11-4-7(8)10/h2-4H,5H2,1H3,(H,11,12). The van der Waals surface area contributed by atoms with Crippen LogP contribution in [0.25, 0.3) is 0 Å². The Morgan fingerprint density at radius 3 is 3.07 bits per heavy atom. The molecule has 2 aromatic rings. The number of aromatic nitrogens is 3. The Bertz CT molecular complexity index is 457. The van der Waals surface area contributed by atoms with Gasteiger partial charge in [-0.2, -0.15) is 4.98 Å². The number of pyridine rings is 1. The van der Waals surface area contributed by atoms with Crippen LogP contribution >= 0.6 is 11.6 Å². The maximum atomic E-state index is 5.91. The second-order valence-electron chi connectivity index (χ2n) is 2.94. The lowest BCUT2D eigenvalue weighted by Gasteiger charge is -2.04. The van der Waals surface area contributed by atoms with Gasteiger partial charge in [-0.3, -0.25) is 4.98 Å². The predicted molar refractivity (Wildman–Crippen MR) is 55.6 cm³/mol. The summed E-state index contributed by atoms with van der Waals surface area (Å²) in [6.07, 6.45) is 3.24. The van der Waals surface area contributed by atoms with Crippen LogP contribution < -0.4 is 5.32 Å². The van der Waals surface area contributed by atoms with Crippen LogP contribution in [0.15, 0.2) is 23.0 Å². The Morgan fingerprint density at radius 1 is 1.53 bits per heavy atom. The molecule has 0 aliphatic carbocycles. The van der Waals surface area contributed by atoms with Crippen LogP contribution in [-0.2, 0) is 6.54 Å². The van der Waals surface area contributed by atoms with Crippen molar-refractivity contribution in [2.24, 2.45) is 0 Å². The quantitative estimate of drug-likeness (QED) is 0.864. The molecule has 0 aliphatic rings. The molecule has 2 aromatic heterocycles. The van der Waals surface area contributed by atoms with Gasteiger partial charge in [-0.15, -0.1) is 0 Å². The van der Waals surface area contributed by atoms with Crippen LogP contribution in [0.2, 0.25) is 5.02 Å². The minimum Gasteiger partial charge on any atom is -0.376 e.